The number of carbonyl (C=O) groups excluding carboxylic acids is 2. The fourth-order valence-electron chi connectivity index (χ4n) is 3.22. The Morgan fingerprint density at radius 3 is 2.23 bits per heavy atom. The fourth-order valence-corrected chi connectivity index (χ4v) is 4.54. The van der Waals surface area contributed by atoms with Gasteiger partial charge in [-0.2, -0.15) is 25.9 Å². The first-order valence-corrected chi connectivity index (χ1v) is 12.6. The molecule has 0 aliphatic carbocycles. The van der Waals surface area contributed by atoms with E-state index < -0.39 is 47.9 Å². The number of urea groups is 1. The molecule has 3 amide bonds. The topological polar surface area (TPSA) is 146 Å². The minimum Gasteiger partial charge on any atom is -0.323 e. The first-order chi connectivity index (χ1) is 16.0. The second kappa shape index (κ2) is 8.76. The van der Waals surface area contributed by atoms with Crippen molar-refractivity contribution < 1.29 is 39.6 Å². The zero-order valence-electron chi connectivity index (χ0n) is 18.5. The molecule has 35 heavy (non-hydrogen) atoms. The van der Waals surface area contributed by atoms with Crippen molar-refractivity contribution >= 4 is 43.5 Å². The Morgan fingerprint density at radius 2 is 1.69 bits per heavy atom. The second-order valence-electron chi connectivity index (χ2n) is 7.96. The normalized spacial score (nSPS) is 19.2. The van der Waals surface area contributed by atoms with Crippen molar-refractivity contribution in [2.24, 2.45) is 0 Å². The van der Waals surface area contributed by atoms with Gasteiger partial charge in [-0.3, -0.25) is 9.52 Å². The predicted octanol–water partition coefficient (Wildman–Crippen LogP) is 1.65. The van der Waals surface area contributed by atoms with E-state index in [9.17, 15) is 39.6 Å². The van der Waals surface area contributed by atoms with Gasteiger partial charge < -0.3 is 5.32 Å². The van der Waals surface area contributed by atoms with E-state index in [1.807, 2.05) is 0 Å². The summed E-state index contributed by atoms with van der Waals surface area (Å²) in [4.78, 5) is 29.2. The minimum absolute atomic E-state index is 0.0186. The zero-order valence-corrected chi connectivity index (χ0v) is 20.1. The summed E-state index contributed by atoms with van der Waals surface area (Å²) in [5, 5.41) is 2.50. The summed E-state index contributed by atoms with van der Waals surface area (Å²) >= 11 is 0. The third-order valence-corrected chi connectivity index (χ3v) is 8.00. The Labute approximate surface area is 199 Å². The lowest BCUT2D eigenvalue weighted by molar-refractivity contribution is -0.121. The molecular weight excluding hydrogens is 515 g/mol. The lowest BCUT2D eigenvalue weighted by Gasteiger charge is -2.22. The molecule has 3 rings (SSSR count). The first-order valence-electron chi connectivity index (χ1n) is 9.71. The average Bonchev–Trinajstić information content (AvgIpc) is 2.95. The molecule has 1 aliphatic rings. The number of aromatic nitrogens is 1. The van der Waals surface area contributed by atoms with E-state index >= 15 is 0 Å². The van der Waals surface area contributed by atoms with Crippen molar-refractivity contribution in [2.75, 3.05) is 23.7 Å². The number of hydrogen-bond donors (Lipinski definition) is 2. The number of halogens is 3. The first kappa shape index (κ1) is 26.4. The summed E-state index contributed by atoms with van der Waals surface area (Å²) in [7, 11) is -6.79. The van der Waals surface area contributed by atoms with Crippen LogP contribution in [-0.4, -0.2) is 63.2 Å². The number of pyridine rings is 1. The van der Waals surface area contributed by atoms with Gasteiger partial charge in [0.1, 0.15) is 11.4 Å². The number of imide groups is 1. The fraction of sp³-hybridized carbons (Fsp3) is 0.316. The SMILES string of the molecule is CN(C)S(=O)(=O)Nc1cc(CC2(C)NC(=O)N(c3ccc(S(=O)(=O)C(F)(F)F)cc3)C2=O)ccn1. The summed E-state index contributed by atoms with van der Waals surface area (Å²) in [5.41, 5.74) is -6.68. The van der Waals surface area contributed by atoms with Crippen LogP contribution in [0.25, 0.3) is 0 Å². The molecule has 0 bridgehead atoms. The molecule has 2 N–H and O–H groups in total. The number of rotatable bonds is 7. The number of anilines is 2. The Hall–Kier alpha value is -3.24. The molecule has 0 radical (unpaired) electrons. The number of amides is 3. The van der Waals surface area contributed by atoms with Gasteiger partial charge in [-0.25, -0.2) is 23.1 Å². The van der Waals surface area contributed by atoms with Gasteiger partial charge in [-0.15, -0.1) is 0 Å². The number of nitrogens with one attached hydrogen (secondary N) is 2. The number of hydrogen-bond acceptors (Lipinski definition) is 7. The van der Waals surface area contributed by atoms with E-state index in [0.29, 0.717) is 22.6 Å². The number of sulfone groups is 1. The molecule has 11 nitrogen and oxygen atoms in total. The van der Waals surface area contributed by atoms with Gasteiger partial charge in [-0.1, -0.05) is 0 Å². The molecule has 1 aromatic heterocycles. The summed E-state index contributed by atoms with van der Waals surface area (Å²) in [6.45, 7) is 1.42. The number of nitrogens with zero attached hydrogens (tertiary/aromatic N) is 3. The quantitative estimate of drug-likeness (QED) is 0.513. The van der Waals surface area contributed by atoms with E-state index in [2.05, 4.69) is 15.0 Å². The highest BCUT2D eigenvalue weighted by molar-refractivity contribution is 7.92. The number of benzene rings is 1. The zero-order chi connectivity index (χ0) is 26.4. The molecule has 2 heterocycles. The summed E-state index contributed by atoms with van der Waals surface area (Å²) in [6, 6.07) is 5.17. The van der Waals surface area contributed by atoms with E-state index in [1.54, 1.807) is 0 Å². The lowest BCUT2D eigenvalue weighted by atomic mass is 9.93. The van der Waals surface area contributed by atoms with E-state index in [1.165, 1.54) is 39.3 Å². The van der Waals surface area contributed by atoms with Crippen molar-refractivity contribution in [3.8, 4) is 0 Å². The van der Waals surface area contributed by atoms with Gasteiger partial charge in [-0.05, 0) is 48.9 Å². The third kappa shape index (κ3) is 5.08. The van der Waals surface area contributed by atoms with Crippen LogP contribution in [0, 0.1) is 0 Å². The molecule has 1 fully saturated rings. The van der Waals surface area contributed by atoms with Gasteiger partial charge in [0.05, 0.1) is 10.6 Å². The molecule has 0 spiro atoms. The predicted molar refractivity (Wildman–Crippen MR) is 118 cm³/mol. The summed E-state index contributed by atoms with van der Waals surface area (Å²) in [6.07, 6.45) is 1.23. The van der Waals surface area contributed by atoms with Crippen molar-refractivity contribution in [2.45, 2.75) is 29.3 Å². The van der Waals surface area contributed by atoms with Crippen LogP contribution in [0.15, 0.2) is 47.5 Å². The largest absolute Gasteiger partial charge is 0.501 e. The third-order valence-electron chi connectivity index (χ3n) is 5.07. The van der Waals surface area contributed by atoms with Crippen molar-refractivity contribution in [3.05, 3.63) is 48.2 Å². The monoisotopic (exact) mass is 535 g/mol. The van der Waals surface area contributed by atoms with Crippen LogP contribution in [0.3, 0.4) is 0 Å². The van der Waals surface area contributed by atoms with Gasteiger partial charge >= 0.3 is 21.7 Å². The maximum atomic E-state index is 13.1. The van der Waals surface area contributed by atoms with E-state index in [0.717, 1.165) is 16.4 Å². The number of alkyl halides is 3. The molecule has 1 saturated heterocycles. The smallest absolute Gasteiger partial charge is 0.323 e. The van der Waals surface area contributed by atoms with Crippen molar-refractivity contribution in [3.63, 3.8) is 0 Å². The van der Waals surface area contributed by atoms with Gasteiger partial charge in [0.25, 0.3) is 15.7 Å². The molecule has 1 unspecified atom stereocenters. The lowest BCUT2D eigenvalue weighted by Crippen LogP contribution is -2.46. The Bertz CT molecular complexity index is 1380. The minimum atomic E-state index is -5.59. The number of carbonyl (C=O) groups is 2. The van der Waals surface area contributed by atoms with Crippen LogP contribution in [0.2, 0.25) is 0 Å². The molecule has 2 aromatic rings. The summed E-state index contributed by atoms with van der Waals surface area (Å²) in [5.74, 6) is -0.768. The van der Waals surface area contributed by atoms with E-state index in [-0.39, 0.29) is 17.9 Å². The molecule has 190 valence electrons. The highest BCUT2D eigenvalue weighted by Gasteiger charge is 2.49. The van der Waals surface area contributed by atoms with Gasteiger partial charge in [0.2, 0.25) is 0 Å². The summed E-state index contributed by atoms with van der Waals surface area (Å²) < 4.78 is 88.5. The van der Waals surface area contributed by atoms with Crippen LogP contribution >= 0.6 is 0 Å². The molecule has 1 atom stereocenters. The Morgan fingerprint density at radius 1 is 1.09 bits per heavy atom. The average molecular weight is 536 g/mol. The highest BCUT2D eigenvalue weighted by atomic mass is 32.2. The van der Waals surface area contributed by atoms with Crippen molar-refractivity contribution in [1.82, 2.24) is 14.6 Å². The highest BCUT2D eigenvalue weighted by Crippen LogP contribution is 2.33. The molecule has 16 heteroatoms. The van der Waals surface area contributed by atoms with Crippen LogP contribution in [0.5, 0.6) is 0 Å². The van der Waals surface area contributed by atoms with Gasteiger partial charge in [0.15, 0.2) is 0 Å². The molecule has 0 saturated carbocycles. The Balaban J connectivity index is 1.84. The van der Waals surface area contributed by atoms with Crippen molar-refractivity contribution in [1.29, 1.82) is 0 Å². The van der Waals surface area contributed by atoms with Crippen LogP contribution < -0.4 is 14.9 Å². The van der Waals surface area contributed by atoms with E-state index in [4.69, 9.17) is 0 Å². The van der Waals surface area contributed by atoms with Crippen LogP contribution in [0.4, 0.5) is 29.5 Å². The maximum absolute atomic E-state index is 13.1. The standard InChI is InChI=1S/C19H20F3N5O6S2/c1-18(11-12-8-9-23-15(10-12)25-35(32,33)26(2)3)16(28)27(17(29)24-18)13-4-6-14(7-5-13)34(30,31)19(20,21)22/h4-10H,11H2,1-3H3,(H,23,25)(H,24,29). The van der Waals surface area contributed by atoms with Crippen LogP contribution in [-0.2, 0) is 31.3 Å². The molecule has 1 aromatic carbocycles. The Kier molecular flexibility index (Phi) is 6.60. The van der Waals surface area contributed by atoms with Gasteiger partial charge in [0, 0.05) is 26.7 Å². The molecule has 1 aliphatic heterocycles. The second-order valence-corrected chi connectivity index (χ2v) is 11.8. The van der Waals surface area contributed by atoms with Crippen LogP contribution in [0.1, 0.15) is 12.5 Å². The molecular formula is C19H20F3N5O6S2. The maximum Gasteiger partial charge on any atom is 0.501 e.